The van der Waals surface area contributed by atoms with Gasteiger partial charge in [-0.05, 0) is 77.6 Å². The minimum absolute atomic E-state index is 0.0215. The summed E-state index contributed by atoms with van der Waals surface area (Å²) in [6.07, 6.45) is 43.3. The highest BCUT2D eigenvalue weighted by Gasteiger charge is 2.35. The van der Waals surface area contributed by atoms with E-state index in [9.17, 15) is 19.8 Å². The first kappa shape index (κ1) is 51.3. The molecule has 0 spiro atoms. The summed E-state index contributed by atoms with van der Waals surface area (Å²) in [5, 5.41) is 20.5. The van der Waals surface area contributed by atoms with Gasteiger partial charge in [0.15, 0.2) is 5.78 Å². The van der Waals surface area contributed by atoms with Crippen molar-refractivity contribution in [1.29, 1.82) is 0 Å². The van der Waals surface area contributed by atoms with E-state index in [1.54, 1.807) is 6.08 Å². The van der Waals surface area contributed by atoms with Gasteiger partial charge < -0.3 is 14.9 Å². The van der Waals surface area contributed by atoms with Crippen molar-refractivity contribution < 1.29 is 24.5 Å². The van der Waals surface area contributed by atoms with Crippen LogP contribution in [-0.2, 0) is 14.3 Å². The molecule has 3 atom stereocenters. The molecule has 0 aromatic rings. The number of aliphatic hydroxyl groups excluding tert-OH is 2. The number of unbranched alkanes of at least 4 members (excludes halogenated alkanes) is 9. The smallest absolute Gasteiger partial charge is 0.330 e. The third kappa shape index (κ3) is 20.8. The molecule has 0 fully saturated rings. The summed E-state index contributed by atoms with van der Waals surface area (Å²) in [7, 11) is 0. The Bertz CT molecular complexity index is 1690. The van der Waals surface area contributed by atoms with E-state index in [0.717, 1.165) is 41.6 Å². The molecule has 2 aliphatic rings. The fourth-order valence-corrected chi connectivity index (χ4v) is 8.33. The van der Waals surface area contributed by atoms with Gasteiger partial charge in [-0.2, -0.15) is 0 Å². The SMILES string of the molecule is CCCCCCCCCCC/C=C/C(=O)OC\C(=C/C=C/C(C)=C/C=C/C=C(C)/C=C/C=C(C)/C=C/[C@H]1C(C)=CC(O)CC1(C)C)C(=O)CC1=C(C)C[C@@H](O)CC1(C)C. The van der Waals surface area contributed by atoms with Gasteiger partial charge in [0.2, 0.25) is 0 Å². The molecule has 0 amide bonds. The first-order chi connectivity index (χ1) is 27.9. The molecule has 0 aromatic carbocycles. The summed E-state index contributed by atoms with van der Waals surface area (Å²) in [5.41, 5.74) is 6.83. The van der Waals surface area contributed by atoms with E-state index in [0.29, 0.717) is 24.3 Å². The number of aliphatic hydroxyl groups is 2. The van der Waals surface area contributed by atoms with Gasteiger partial charge in [-0.1, -0.05) is 204 Å². The standard InChI is InChI=1S/C54H80O5/c1-11-12-13-14-15-16-17-18-19-20-21-32-52(58)59-40-46(51(57)37-50-45(6)36-48(56)39-54(50,9)10)31-25-30-42(3)27-23-22-26-41(2)28-24-29-43(4)33-34-49-44(5)35-47(55)38-53(49,7)8/h21-35,47-49,55-56H,11-20,36-40H2,1-10H3/b23-22+,28-24+,30-25+,32-21+,34-33+,41-26+,42-27+,43-29+,46-31+/t47?,48-,49+/m1/s1. The molecular weight excluding hydrogens is 729 g/mol. The maximum absolute atomic E-state index is 13.7. The number of rotatable bonds is 24. The number of esters is 1. The molecule has 0 bridgehead atoms. The second kappa shape index (κ2) is 27.1. The molecule has 0 aromatic heterocycles. The maximum atomic E-state index is 13.7. The molecule has 0 heterocycles. The van der Waals surface area contributed by atoms with E-state index in [1.807, 2.05) is 56.4 Å². The van der Waals surface area contributed by atoms with Gasteiger partial charge in [0.1, 0.15) is 6.61 Å². The zero-order chi connectivity index (χ0) is 43.8. The molecule has 5 nitrogen and oxygen atoms in total. The number of hydrogen-bond acceptors (Lipinski definition) is 5. The van der Waals surface area contributed by atoms with E-state index >= 15 is 0 Å². The minimum Gasteiger partial charge on any atom is -0.458 e. The number of carbonyl (C=O) groups excluding carboxylic acids is 2. The van der Waals surface area contributed by atoms with Crippen LogP contribution in [0, 0.1) is 16.7 Å². The number of ether oxygens (including phenoxy) is 1. The number of Topliss-reactive ketones (excluding diaryl/α,β-unsaturated/α-hetero) is 1. The highest BCUT2D eigenvalue weighted by molar-refractivity contribution is 5.98. The lowest BCUT2D eigenvalue weighted by atomic mass is 9.67. The summed E-state index contributed by atoms with van der Waals surface area (Å²) >= 11 is 0. The monoisotopic (exact) mass is 809 g/mol. The fraction of sp³-hybridized carbons (Fsp3) is 0.556. The van der Waals surface area contributed by atoms with Crippen molar-refractivity contribution in [3.8, 4) is 0 Å². The summed E-state index contributed by atoms with van der Waals surface area (Å²) in [4.78, 5) is 26.4. The van der Waals surface area contributed by atoms with Crippen molar-refractivity contribution in [1.82, 2.24) is 0 Å². The molecule has 0 saturated carbocycles. The van der Waals surface area contributed by atoms with Gasteiger partial charge in [-0.25, -0.2) is 4.79 Å². The van der Waals surface area contributed by atoms with Crippen LogP contribution in [0.1, 0.15) is 159 Å². The average molecular weight is 809 g/mol. The second-order valence-electron chi connectivity index (χ2n) is 18.5. The Morgan fingerprint density at radius 3 is 1.90 bits per heavy atom. The Hall–Kier alpha value is -3.80. The van der Waals surface area contributed by atoms with Crippen LogP contribution in [0.5, 0.6) is 0 Å². The van der Waals surface area contributed by atoms with E-state index in [4.69, 9.17) is 4.74 Å². The van der Waals surface area contributed by atoms with Gasteiger partial charge in [0, 0.05) is 24.0 Å². The summed E-state index contributed by atoms with van der Waals surface area (Å²) < 4.78 is 5.60. The highest BCUT2D eigenvalue weighted by Crippen LogP contribution is 2.43. The normalized spacial score (nSPS) is 22.2. The molecule has 0 radical (unpaired) electrons. The lowest BCUT2D eigenvalue weighted by Gasteiger charge is -2.38. The van der Waals surface area contributed by atoms with Crippen molar-refractivity contribution in [3.63, 3.8) is 0 Å². The third-order valence-corrected chi connectivity index (χ3v) is 11.7. The summed E-state index contributed by atoms with van der Waals surface area (Å²) in [6.45, 7) is 21.0. The van der Waals surface area contributed by atoms with Crippen LogP contribution in [0.25, 0.3) is 0 Å². The van der Waals surface area contributed by atoms with Crippen LogP contribution in [-0.4, -0.2) is 40.8 Å². The van der Waals surface area contributed by atoms with Crippen LogP contribution < -0.4 is 0 Å². The molecule has 59 heavy (non-hydrogen) atoms. The molecule has 0 saturated heterocycles. The van der Waals surface area contributed by atoms with Gasteiger partial charge >= 0.3 is 5.97 Å². The van der Waals surface area contributed by atoms with Crippen LogP contribution in [0.2, 0.25) is 0 Å². The van der Waals surface area contributed by atoms with E-state index in [2.05, 4.69) is 91.8 Å². The predicted octanol–water partition coefficient (Wildman–Crippen LogP) is 13.8. The highest BCUT2D eigenvalue weighted by atomic mass is 16.5. The Morgan fingerprint density at radius 2 is 1.31 bits per heavy atom. The van der Waals surface area contributed by atoms with E-state index in [-0.39, 0.29) is 35.7 Å². The number of carbonyl (C=O) groups is 2. The minimum atomic E-state index is -0.434. The molecular formula is C54H80O5. The largest absolute Gasteiger partial charge is 0.458 e. The van der Waals surface area contributed by atoms with Crippen molar-refractivity contribution in [2.24, 2.45) is 16.7 Å². The van der Waals surface area contributed by atoms with Crippen molar-refractivity contribution in [3.05, 3.63) is 130 Å². The molecule has 2 rings (SSSR count). The molecule has 2 aliphatic carbocycles. The summed E-state index contributed by atoms with van der Waals surface area (Å²) in [5.74, 6) is -0.195. The van der Waals surface area contributed by atoms with E-state index in [1.165, 1.54) is 68.6 Å². The molecule has 5 heteroatoms. The molecule has 0 aliphatic heterocycles. The lowest BCUT2D eigenvalue weighted by Crippen LogP contribution is -2.32. The first-order valence-corrected chi connectivity index (χ1v) is 22.5. The average Bonchev–Trinajstić information content (AvgIpc) is 3.14. The zero-order valence-corrected chi connectivity index (χ0v) is 38.6. The first-order valence-electron chi connectivity index (χ1n) is 22.5. The molecule has 2 N–H and O–H groups in total. The molecule has 1 unspecified atom stereocenters. The van der Waals surface area contributed by atoms with Crippen LogP contribution >= 0.6 is 0 Å². The van der Waals surface area contributed by atoms with Gasteiger partial charge in [-0.15, -0.1) is 0 Å². The van der Waals surface area contributed by atoms with Crippen molar-refractivity contribution in [2.45, 2.75) is 171 Å². The third-order valence-electron chi connectivity index (χ3n) is 11.7. The lowest BCUT2D eigenvalue weighted by molar-refractivity contribution is -0.137. The summed E-state index contributed by atoms with van der Waals surface area (Å²) in [6, 6.07) is 0. The number of hydrogen-bond donors (Lipinski definition) is 2. The quantitative estimate of drug-likeness (QED) is 0.0334. The van der Waals surface area contributed by atoms with Gasteiger partial charge in [-0.3, -0.25) is 4.79 Å². The zero-order valence-electron chi connectivity index (χ0n) is 38.6. The maximum Gasteiger partial charge on any atom is 0.330 e. The fourth-order valence-electron chi connectivity index (χ4n) is 8.33. The number of ketones is 1. The van der Waals surface area contributed by atoms with Gasteiger partial charge in [0.25, 0.3) is 0 Å². The van der Waals surface area contributed by atoms with Crippen LogP contribution in [0.4, 0.5) is 0 Å². The molecule has 326 valence electrons. The Balaban J connectivity index is 2.02. The Kier molecular flexibility index (Phi) is 23.6. The van der Waals surface area contributed by atoms with Gasteiger partial charge in [0.05, 0.1) is 12.2 Å². The van der Waals surface area contributed by atoms with Crippen LogP contribution in [0.15, 0.2) is 130 Å². The van der Waals surface area contributed by atoms with E-state index < -0.39 is 12.1 Å². The topological polar surface area (TPSA) is 83.8 Å². The Labute approximate surface area is 360 Å². The number of allylic oxidation sites excluding steroid dienone is 18. The van der Waals surface area contributed by atoms with Crippen molar-refractivity contribution >= 4 is 11.8 Å². The predicted molar refractivity (Wildman–Crippen MR) is 251 cm³/mol. The Morgan fingerprint density at radius 1 is 0.746 bits per heavy atom. The second-order valence-corrected chi connectivity index (χ2v) is 18.5. The van der Waals surface area contributed by atoms with Crippen LogP contribution in [0.3, 0.4) is 0 Å². The van der Waals surface area contributed by atoms with Crippen molar-refractivity contribution in [2.75, 3.05) is 6.61 Å².